The fraction of sp³-hybridized carbons (Fsp3) is 0.394. The lowest BCUT2D eigenvalue weighted by atomic mass is 9.89. The van der Waals surface area contributed by atoms with Gasteiger partial charge in [-0.2, -0.15) is 8.78 Å². The van der Waals surface area contributed by atoms with Crippen LogP contribution in [0.25, 0.3) is 16.9 Å². The molecule has 6 rings (SSSR count). The average Bonchev–Trinajstić information content (AvgIpc) is 3.52. The van der Waals surface area contributed by atoms with E-state index in [0.29, 0.717) is 48.6 Å². The van der Waals surface area contributed by atoms with Crippen LogP contribution >= 0.6 is 0 Å². The number of nitrogens with zero attached hydrogens (tertiary/aromatic N) is 5. The second-order valence-corrected chi connectivity index (χ2v) is 12.0. The molecule has 2 aromatic carbocycles. The van der Waals surface area contributed by atoms with Crippen LogP contribution in [0.2, 0.25) is 0 Å². The second kappa shape index (κ2) is 13.8. The lowest BCUT2D eigenvalue weighted by molar-refractivity contribution is -0.170. The summed E-state index contributed by atoms with van der Waals surface area (Å²) in [6.45, 7) is -1.16. The first-order valence-corrected chi connectivity index (χ1v) is 15.6. The largest absolute Gasteiger partial charge is 0.435 e. The van der Waals surface area contributed by atoms with Crippen molar-refractivity contribution in [3.05, 3.63) is 72.2 Å². The number of β-amino-alcohol motifs (C(OH)–C–C–N with tert-alkyl or cyclic N) is 1. The van der Waals surface area contributed by atoms with E-state index in [2.05, 4.69) is 20.0 Å². The summed E-state index contributed by atoms with van der Waals surface area (Å²) in [5, 5.41) is 43.3. The molecule has 2 aromatic heterocycles. The number of aliphatic hydroxyl groups excluding tert-OH is 4. The monoisotopic (exact) mass is 666 g/mol. The molecule has 0 aliphatic carbocycles. The van der Waals surface area contributed by atoms with Crippen LogP contribution in [0.1, 0.15) is 28.8 Å². The third kappa shape index (κ3) is 6.54. The predicted molar refractivity (Wildman–Crippen MR) is 169 cm³/mol. The van der Waals surface area contributed by atoms with Crippen LogP contribution in [0.4, 0.5) is 20.3 Å². The van der Waals surface area contributed by atoms with Crippen molar-refractivity contribution < 1.29 is 43.5 Å². The normalized spacial score (nSPS) is 21.9. The Bertz CT molecular complexity index is 1780. The van der Waals surface area contributed by atoms with Gasteiger partial charge in [0, 0.05) is 54.8 Å². The highest BCUT2D eigenvalue weighted by Crippen LogP contribution is 2.30. The van der Waals surface area contributed by atoms with Crippen molar-refractivity contribution in [2.75, 3.05) is 31.6 Å². The van der Waals surface area contributed by atoms with Crippen molar-refractivity contribution >= 4 is 29.0 Å². The van der Waals surface area contributed by atoms with E-state index < -0.39 is 43.5 Å². The van der Waals surface area contributed by atoms with Gasteiger partial charge in [-0.1, -0.05) is 0 Å². The first-order valence-electron chi connectivity index (χ1n) is 15.6. The van der Waals surface area contributed by atoms with E-state index in [-0.39, 0.29) is 24.1 Å². The molecule has 254 valence electrons. The lowest BCUT2D eigenvalue weighted by Gasteiger charge is -2.45. The Balaban J connectivity index is 1.10. The third-order valence-electron chi connectivity index (χ3n) is 9.05. The molecule has 4 atom stereocenters. The summed E-state index contributed by atoms with van der Waals surface area (Å²) in [6, 6.07) is 10.6. The molecule has 0 radical (unpaired) electrons. The number of hydrogen-bond acceptors (Lipinski definition) is 10. The summed E-state index contributed by atoms with van der Waals surface area (Å²) < 4.78 is 31.3. The number of carbonyl (C=O) groups is 2. The molecule has 5 N–H and O–H groups in total. The summed E-state index contributed by atoms with van der Waals surface area (Å²) in [4.78, 5) is 38.6. The van der Waals surface area contributed by atoms with Gasteiger partial charge in [0.2, 0.25) is 5.91 Å². The van der Waals surface area contributed by atoms with Crippen LogP contribution in [0.3, 0.4) is 0 Å². The van der Waals surface area contributed by atoms with Crippen molar-refractivity contribution in [2.45, 2.75) is 50.7 Å². The Kier molecular flexibility index (Phi) is 9.55. The van der Waals surface area contributed by atoms with E-state index in [9.17, 15) is 38.8 Å². The fourth-order valence-corrected chi connectivity index (χ4v) is 6.43. The Labute approximate surface area is 274 Å². The number of carbonyl (C=O) groups excluding carboxylic acids is 2. The highest BCUT2D eigenvalue weighted by molar-refractivity contribution is 5.96. The fourth-order valence-electron chi connectivity index (χ4n) is 6.43. The summed E-state index contributed by atoms with van der Waals surface area (Å²) in [6.07, 6.45) is 1.52. The van der Waals surface area contributed by atoms with Crippen LogP contribution in [0, 0.1) is 12.8 Å². The van der Waals surface area contributed by atoms with Crippen molar-refractivity contribution in [3.63, 3.8) is 0 Å². The number of anilines is 2. The molecule has 2 saturated heterocycles. The zero-order valence-electron chi connectivity index (χ0n) is 26.0. The van der Waals surface area contributed by atoms with E-state index in [1.54, 1.807) is 47.8 Å². The summed E-state index contributed by atoms with van der Waals surface area (Å²) in [5.41, 5.74) is 3.92. The number of ether oxygens (including phenoxy) is 1. The van der Waals surface area contributed by atoms with Crippen molar-refractivity contribution in [3.8, 4) is 17.0 Å². The molecule has 48 heavy (non-hydrogen) atoms. The number of nitrogens with one attached hydrogen (secondary N) is 1. The zero-order valence-corrected chi connectivity index (χ0v) is 26.0. The number of fused-ring (bicyclic) bond motifs is 1. The van der Waals surface area contributed by atoms with Gasteiger partial charge in [-0.25, -0.2) is 9.97 Å². The maximum absolute atomic E-state index is 13.5. The SMILES string of the molecule is Cc1cc(Nc2nccn3c(-c4ccc(OC(F)F)cc4)cnc23)ccc1C(=O)N1CCC(C(=O)N2C[C@H](O)[C@@H](O)[C@H](O)[C@H]2CO)CC1. The standard InChI is InChI=1S/C33H36F2N6O7/c1-18-14-21(38-29-30-37-15-24(40(30)13-10-36-29)19-2-5-22(6-3-19)48-33(34)35)4-7-23(18)32(47)39-11-8-20(9-12-39)31(46)41-16-26(43)28(45)27(44)25(41)17-42/h2-7,10,13-15,20,25-28,33,42-45H,8-9,11-12,16-17H2,1H3,(H,36,38)/t25-,26+,27-,28-/m1/s1. The molecule has 2 fully saturated rings. The Morgan fingerprint density at radius 1 is 1.04 bits per heavy atom. The zero-order chi connectivity index (χ0) is 34.1. The van der Waals surface area contributed by atoms with Gasteiger partial charge in [-0.15, -0.1) is 0 Å². The summed E-state index contributed by atoms with van der Waals surface area (Å²) >= 11 is 0. The molecule has 4 aromatic rings. The minimum atomic E-state index is -2.91. The van der Waals surface area contributed by atoms with Gasteiger partial charge in [-0.05, 0) is 67.8 Å². The van der Waals surface area contributed by atoms with Crippen LogP contribution in [-0.4, -0.2) is 114 Å². The summed E-state index contributed by atoms with van der Waals surface area (Å²) in [5.74, 6) is -0.434. The number of benzene rings is 2. The van der Waals surface area contributed by atoms with Gasteiger partial charge in [0.1, 0.15) is 24.1 Å². The van der Waals surface area contributed by atoms with Crippen molar-refractivity contribution in [1.82, 2.24) is 24.2 Å². The van der Waals surface area contributed by atoms with Gasteiger partial charge in [-0.3, -0.25) is 14.0 Å². The molecular weight excluding hydrogens is 630 g/mol. The molecule has 0 bridgehead atoms. The van der Waals surface area contributed by atoms with E-state index in [1.165, 1.54) is 17.0 Å². The molecule has 0 unspecified atom stereocenters. The van der Waals surface area contributed by atoms with Crippen molar-refractivity contribution in [2.24, 2.45) is 5.92 Å². The van der Waals surface area contributed by atoms with E-state index in [0.717, 1.165) is 16.8 Å². The summed E-state index contributed by atoms with van der Waals surface area (Å²) in [7, 11) is 0. The number of piperidine rings is 2. The highest BCUT2D eigenvalue weighted by atomic mass is 19.3. The number of hydrogen-bond donors (Lipinski definition) is 5. The molecule has 4 heterocycles. The number of likely N-dealkylation sites (tertiary alicyclic amines) is 2. The molecule has 2 amide bonds. The second-order valence-electron chi connectivity index (χ2n) is 12.0. The number of aliphatic hydroxyl groups is 4. The highest BCUT2D eigenvalue weighted by Gasteiger charge is 2.45. The number of aromatic nitrogens is 3. The quantitative estimate of drug-likeness (QED) is 0.188. The van der Waals surface area contributed by atoms with Crippen LogP contribution < -0.4 is 10.1 Å². The van der Waals surface area contributed by atoms with Crippen LogP contribution in [0.15, 0.2) is 61.1 Å². The number of alkyl halides is 2. The minimum Gasteiger partial charge on any atom is -0.435 e. The number of halogens is 2. The smallest absolute Gasteiger partial charge is 0.387 e. The molecule has 2 aliphatic rings. The predicted octanol–water partition coefficient (Wildman–Crippen LogP) is 2.19. The van der Waals surface area contributed by atoms with Gasteiger partial charge in [0.05, 0.1) is 24.5 Å². The minimum absolute atomic E-state index is 0.0542. The maximum Gasteiger partial charge on any atom is 0.387 e. The van der Waals surface area contributed by atoms with Gasteiger partial charge in [0.15, 0.2) is 11.5 Å². The van der Waals surface area contributed by atoms with E-state index in [4.69, 9.17) is 0 Å². The number of rotatable bonds is 8. The Hall–Kier alpha value is -4.70. The molecule has 13 nitrogen and oxygen atoms in total. The van der Waals surface area contributed by atoms with E-state index >= 15 is 0 Å². The molecule has 0 spiro atoms. The Morgan fingerprint density at radius 2 is 1.77 bits per heavy atom. The Morgan fingerprint density at radius 3 is 2.44 bits per heavy atom. The number of amides is 2. The van der Waals surface area contributed by atoms with Gasteiger partial charge in [0.25, 0.3) is 5.91 Å². The molecule has 0 saturated carbocycles. The van der Waals surface area contributed by atoms with Gasteiger partial charge >= 0.3 is 6.61 Å². The lowest BCUT2D eigenvalue weighted by Crippen LogP contribution is -2.65. The first kappa shape index (κ1) is 33.2. The number of aryl methyl sites for hydroxylation is 1. The van der Waals surface area contributed by atoms with Crippen LogP contribution in [0.5, 0.6) is 5.75 Å². The maximum atomic E-state index is 13.5. The van der Waals surface area contributed by atoms with Crippen LogP contribution in [-0.2, 0) is 4.79 Å². The third-order valence-corrected chi connectivity index (χ3v) is 9.05. The first-order chi connectivity index (χ1) is 23.0. The average molecular weight is 667 g/mol. The molecule has 2 aliphatic heterocycles. The molecule has 15 heteroatoms. The van der Waals surface area contributed by atoms with Gasteiger partial charge < -0.3 is 40.3 Å². The van der Waals surface area contributed by atoms with Crippen molar-refractivity contribution in [1.29, 1.82) is 0 Å². The molecular formula is C33H36F2N6O7. The topological polar surface area (TPSA) is 173 Å². The van der Waals surface area contributed by atoms with E-state index in [1.807, 2.05) is 17.4 Å². The number of imidazole rings is 1.